The van der Waals surface area contributed by atoms with Crippen LogP contribution in [0.3, 0.4) is 0 Å². The third kappa shape index (κ3) is 63.5. The van der Waals surface area contributed by atoms with Gasteiger partial charge in [-0.05, 0) is 141 Å². The molecule has 6 nitrogen and oxygen atoms in total. The summed E-state index contributed by atoms with van der Waals surface area (Å²) in [7, 11) is 0. The first-order valence-electron chi connectivity index (χ1n) is 31.6. The van der Waals surface area contributed by atoms with Crippen LogP contribution in [0.25, 0.3) is 0 Å². The van der Waals surface area contributed by atoms with Crippen molar-refractivity contribution in [1.82, 2.24) is 0 Å². The zero-order valence-corrected chi connectivity index (χ0v) is 50.6. The summed E-state index contributed by atoms with van der Waals surface area (Å²) in [6, 6.07) is 0. The first-order valence-corrected chi connectivity index (χ1v) is 31.6. The molecule has 0 aliphatic carbocycles. The minimum absolute atomic E-state index is 0.117. The van der Waals surface area contributed by atoms with Gasteiger partial charge in [-0.2, -0.15) is 0 Å². The molecule has 0 spiro atoms. The van der Waals surface area contributed by atoms with Crippen molar-refractivity contribution in [3.8, 4) is 0 Å². The fraction of sp³-hybridized carbons (Fsp3) is 0.575. The van der Waals surface area contributed by atoms with Crippen molar-refractivity contribution in [3.63, 3.8) is 0 Å². The molecule has 0 heterocycles. The largest absolute Gasteiger partial charge is 0.462 e. The minimum Gasteiger partial charge on any atom is -0.462 e. The maximum absolute atomic E-state index is 12.9. The number of rotatable bonds is 55. The molecule has 0 aliphatic rings. The standard InChI is InChI=1S/C73H114O6/c1-4-7-10-13-16-19-22-25-27-28-29-30-31-32-33-34-35-36-37-38-39-40-41-42-43-44-46-48-51-54-57-60-63-66-72(75)78-69-70(68-77-71(74)65-62-59-56-53-50-47-24-21-18-15-12-9-6-3)79-73(76)67-64-61-58-55-52-49-45-26-23-20-17-14-11-8-5-2/h7,9-10,12,16-21,25-27,29-30,32-33,35-36,38-39,41-42,45,47,50,56,59,70H,4-6,8,11,13-15,22-24,28,31,34,37,40,43-44,46,48-49,51-55,57-58,60-69H2,1-3H3/b10-7-,12-9-,19-16-,20-17-,21-18-,27-25-,30-29-,33-32-,36-35-,39-38-,42-41-,45-26-,50-47-,59-56-. The number of ether oxygens (including phenoxy) is 3. The van der Waals surface area contributed by atoms with Crippen LogP contribution in [0.4, 0.5) is 0 Å². The molecule has 1 atom stereocenters. The SMILES string of the molecule is CC/C=C\C/C=C\C/C=C\C/C=C\C/C=C\C/C=C\C/C=C\C/C=C\CCCCCCCCCCC(=O)OCC(COC(=O)CC/C=C\C/C=C\C/C=C\C/C=C\CC)OC(=O)CCCCCCC/C=C\C/C=C\CCCCC. The van der Waals surface area contributed by atoms with Crippen LogP contribution in [0, 0.1) is 0 Å². The van der Waals surface area contributed by atoms with Crippen molar-refractivity contribution in [3.05, 3.63) is 170 Å². The topological polar surface area (TPSA) is 78.9 Å². The van der Waals surface area contributed by atoms with Crippen molar-refractivity contribution < 1.29 is 28.6 Å². The Kier molecular flexibility index (Phi) is 61.0. The van der Waals surface area contributed by atoms with Gasteiger partial charge in [-0.3, -0.25) is 14.4 Å². The first kappa shape index (κ1) is 73.8. The van der Waals surface area contributed by atoms with Gasteiger partial charge in [-0.15, -0.1) is 0 Å². The van der Waals surface area contributed by atoms with E-state index < -0.39 is 6.10 Å². The zero-order chi connectivity index (χ0) is 57.1. The van der Waals surface area contributed by atoms with E-state index in [0.29, 0.717) is 12.8 Å². The minimum atomic E-state index is -0.826. The Morgan fingerprint density at radius 3 is 0.848 bits per heavy atom. The molecule has 0 N–H and O–H groups in total. The van der Waals surface area contributed by atoms with Gasteiger partial charge in [0, 0.05) is 19.3 Å². The Morgan fingerprint density at radius 1 is 0.266 bits per heavy atom. The van der Waals surface area contributed by atoms with E-state index in [2.05, 4.69) is 179 Å². The van der Waals surface area contributed by atoms with Crippen LogP contribution < -0.4 is 0 Å². The van der Waals surface area contributed by atoms with Crippen LogP contribution >= 0.6 is 0 Å². The number of esters is 3. The smallest absolute Gasteiger partial charge is 0.306 e. The van der Waals surface area contributed by atoms with Crippen molar-refractivity contribution in [1.29, 1.82) is 0 Å². The highest BCUT2D eigenvalue weighted by Crippen LogP contribution is 2.14. The van der Waals surface area contributed by atoms with Crippen LogP contribution in [0.5, 0.6) is 0 Å². The van der Waals surface area contributed by atoms with Gasteiger partial charge in [-0.25, -0.2) is 0 Å². The summed E-state index contributed by atoms with van der Waals surface area (Å²) in [4.78, 5) is 38.2. The molecule has 0 aromatic carbocycles. The average molecular weight is 1090 g/mol. The zero-order valence-electron chi connectivity index (χ0n) is 50.6. The fourth-order valence-electron chi connectivity index (χ4n) is 8.03. The lowest BCUT2D eigenvalue weighted by molar-refractivity contribution is -0.166. The number of allylic oxidation sites excluding steroid dienone is 28. The molecule has 79 heavy (non-hydrogen) atoms. The lowest BCUT2D eigenvalue weighted by atomic mass is 10.1. The van der Waals surface area contributed by atoms with Crippen LogP contribution in [0.1, 0.15) is 252 Å². The Hall–Kier alpha value is -5.23. The third-order valence-corrected chi connectivity index (χ3v) is 12.7. The number of carbonyl (C=O) groups is 3. The lowest BCUT2D eigenvalue weighted by Gasteiger charge is -2.18. The second-order valence-electron chi connectivity index (χ2n) is 20.2. The predicted molar refractivity (Wildman–Crippen MR) is 343 cm³/mol. The Balaban J connectivity index is 4.34. The number of hydrogen-bond donors (Lipinski definition) is 0. The van der Waals surface area contributed by atoms with E-state index >= 15 is 0 Å². The van der Waals surface area contributed by atoms with Gasteiger partial charge in [0.15, 0.2) is 6.10 Å². The number of unbranched alkanes of at least 4 members (excludes halogenated alkanes) is 16. The molecule has 0 fully saturated rings. The molecule has 0 bridgehead atoms. The van der Waals surface area contributed by atoms with E-state index in [-0.39, 0.29) is 44.0 Å². The second-order valence-corrected chi connectivity index (χ2v) is 20.2. The number of hydrogen-bond acceptors (Lipinski definition) is 6. The van der Waals surface area contributed by atoms with Gasteiger partial charge < -0.3 is 14.2 Å². The van der Waals surface area contributed by atoms with E-state index in [9.17, 15) is 14.4 Å². The first-order chi connectivity index (χ1) is 39.0. The van der Waals surface area contributed by atoms with Crippen molar-refractivity contribution >= 4 is 17.9 Å². The summed E-state index contributed by atoms with van der Waals surface area (Å²) in [5.74, 6) is -1.03. The highest BCUT2D eigenvalue weighted by molar-refractivity contribution is 5.71. The summed E-state index contributed by atoms with van der Waals surface area (Å²) < 4.78 is 16.8. The summed E-state index contributed by atoms with van der Waals surface area (Å²) >= 11 is 0. The molecule has 0 rings (SSSR count). The van der Waals surface area contributed by atoms with E-state index in [4.69, 9.17) is 14.2 Å². The third-order valence-electron chi connectivity index (χ3n) is 12.7. The van der Waals surface area contributed by atoms with Gasteiger partial charge in [0.1, 0.15) is 13.2 Å². The summed E-state index contributed by atoms with van der Waals surface area (Å²) in [5, 5.41) is 0. The van der Waals surface area contributed by atoms with Crippen LogP contribution in [-0.4, -0.2) is 37.2 Å². The number of carbonyl (C=O) groups excluding carboxylic acids is 3. The van der Waals surface area contributed by atoms with Gasteiger partial charge in [0.25, 0.3) is 0 Å². The van der Waals surface area contributed by atoms with Gasteiger partial charge in [-0.1, -0.05) is 262 Å². The van der Waals surface area contributed by atoms with E-state index in [1.54, 1.807) is 0 Å². The Morgan fingerprint density at radius 2 is 0.519 bits per heavy atom. The van der Waals surface area contributed by atoms with Crippen LogP contribution in [0.2, 0.25) is 0 Å². The summed E-state index contributed by atoms with van der Waals surface area (Å²) in [5.41, 5.74) is 0. The molecule has 0 saturated heterocycles. The maximum atomic E-state index is 12.9. The van der Waals surface area contributed by atoms with Gasteiger partial charge in [0.2, 0.25) is 0 Å². The molecular formula is C73H114O6. The Bertz CT molecular complexity index is 1820. The predicted octanol–water partition coefficient (Wildman–Crippen LogP) is 21.9. The van der Waals surface area contributed by atoms with Crippen LogP contribution in [-0.2, 0) is 28.6 Å². The second kappa shape index (κ2) is 65.3. The molecule has 0 radical (unpaired) electrons. The fourth-order valence-corrected chi connectivity index (χ4v) is 8.03. The van der Waals surface area contributed by atoms with E-state index in [1.807, 2.05) is 12.2 Å². The summed E-state index contributed by atoms with van der Waals surface area (Å²) in [6.45, 7) is 6.29. The lowest BCUT2D eigenvalue weighted by Crippen LogP contribution is -2.30. The monoisotopic (exact) mass is 1090 g/mol. The molecule has 0 saturated carbocycles. The molecule has 0 aliphatic heterocycles. The summed E-state index contributed by atoms with van der Waals surface area (Å²) in [6.07, 6.45) is 96.6. The molecule has 0 aromatic rings. The van der Waals surface area contributed by atoms with Crippen molar-refractivity contribution in [2.75, 3.05) is 13.2 Å². The molecule has 442 valence electrons. The molecule has 0 aromatic heterocycles. The maximum Gasteiger partial charge on any atom is 0.306 e. The van der Waals surface area contributed by atoms with Crippen molar-refractivity contribution in [2.24, 2.45) is 0 Å². The Labute approximate surface area is 485 Å². The van der Waals surface area contributed by atoms with E-state index in [0.717, 1.165) is 148 Å². The molecule has 1 unspecified atom stereocenters. The highest BCUT2D eigenvalue weighted by Gasteiger charge is 2.19. The highest BCUT2D eigenvalue weighted by atomic mass is 16.6. The van der Waals surface area contributed by atoms with Gasteiger partial charge >= 0.3 is 17.9 Å². The van der Waals surface area contributed by atoms with Gasteiger partial charge in [0.05, 0.1) is 0 Å². The molecule has 0 amide bonds. The van der Waals surface area contributed by atoms with Crippen LogP contribution in [0.15, 0.2) is 170 Å². The normalized spacial score (nSPS) is 13.3. The quantitative estimate of drug-likeness (QED) is 0.0261. The average Bonchev–Trinajstić information content (AvgIpc) is 3.45. The van der Waals surface area contributed by atoms with E-state index in [1.165, 1.54) is 57.8 Å². The molecular weight excluding hydrogens is 973 g/mol. The molecule has 6 heteroatoms. The van der Waals surface area contributed by atoms with Crippen molar-refractivity contribution in [2.45, 2.75) is 258 Å².